The third-order valence-electron chi connectivity index (χ3n) is 5.04. The van der Waals surface area contributed by atoms with Crippen molar-refractivity contribution in [2.75, 3.05) is 0 Å². The maximum absolute atomic E-state index is 11.1. The lowest BCUT2D eigenvalue weighted by Crippen LogP contribution is -1.98. The maximum Gasteiger partial charge on any atom is 0.335 e. The number of hydrogen-bond donors (Lipinski definition) is 2. The Hall–Kier alpha value is -4.16. The first kappa shape index (κ1) is 19.8. The highest BCUT2D eigenvalue weighted by Gasteiger charge is 2.12. The highest BCUT2D eigenvalue weighted by molar-refractivity contribution is 6.34. The van der Waals surface area contributed by atoms with E-state index in [-0.39, 0.29) is 17.5 Å². The van der Waals surface area contributed by atoms with Crippen LogP contribution >= 0.6 is 11.6 Å². The van der Waals surface area contributed by atoms with Crippen molar-refractivity contribution < 1.29 is 14.6 Å². The van der Waals surface area contributed by atoms with Crippen LogP contribution in [0.3, 0.4) is 0 Å². The fourth-order valence-corrected chi connectivity index (χ4v) is 3.72. The highest BCUT2D eigenvalue weighted by atomic mass is 35.5. The number of benzene rings is 3. The van der Waals surface area contributed by atoms with Gasteiger partial charge in [0.1, 0.15) is 0 Å². The van der Waals surface area contributed by atoms with E-state index in [2.05, 4.69) is 39.2 Å². The number of pyridine rings is 1. The van der Waals surface area contributed by atoms with Crippen LogP contribution < -0.4 is 4.74 Å². The number of fused-ring (bicyclic) bond motifs is 1. The number of nitrogens with zero attached hydrogens (tertiary/aromatic N) is 2. The molecule has 0 atom stereocenters. The van der Waals surface area contributed by atoms with Gasteiger partial charge >= 0.3 is 12.0 Å². The molecule has 2 heterocycles. The molecule has 0 aliphatic rings. The number of rotatable bonds is 5. The lowest BCUT2D eigenvalue weighted by molar-refractivity contribution is 0.0696. The Morgan fingerprint density at radius 2 is 1.62 bits per heavy atom. The van der Waals surface area contributed by atoms with Crippen molar-refractivity contribution in [1.82, 2.24) is 15.0 Å². The Morgan fingerprint density at radius 3 is 2.38 bits per heavy atom. The fourth-order valence-electron chi connectivity index (χ4n) is 3.45. The van der Waals surface area contributed by atoms with Crippen molar-refractivity contribution in [3.8, 4) is 34.1 Å². The summed E-state index contributed by atoms with van der Waals surface area (Å²) >= 11 is 6.55. The first-order valence-electron chi connectivity index (χ1n) is 9.79. The van der Waals surface area contributed by atoms with Crippen LogP contribution in [0.2, 0.25) is 5.02 Å². The largest absolute Gasteiger partial charge is 0.478 e. The lowest BCUT2D eigenvalue weighted by Gasteiger charge is -2.07. The Labute approximate surface area is 188 Å². The summed E-state index contributed by atoms with van der Waals surface area (Å²) in [5.41, 5.74) is 5.54. The van der Waals surface area contributed by atoms with E-state index in [4.69, 9.17) is 21.4 Å². The zero-order valence-corrected chi connectivity index (χ0v) is 17.4. The van der Waals surface area contributed by atoms with Crippen molar-refractivity contribution >= 4 is 28.6 Å². The van der Waals surface area contributed by atoms with E-state index in [1.165, 1.54) is 18.3 Å². The molecule has 156 valence electrons. The summed E-state index contributed by atoms with van der Waals surface area (Å²) in [5.74, 6) is -0.927. The average molecular weight is 442 g/mol. The summed E-state index contributed by atoms with van der Waals surface area (Å²) < 4.78 is 5.62. The number of carbonyl (C=O) groups is 1. The van der Waals surface area contributed by atoms with E-state index < -0.39 is 5.97 Å². The number of aromatic amines is 1. The van der Waals surface area contributed by atoms with Crippen LogP contribution in [0.4, 0.5) is 0 Å². The Bertz CT molecular complexity index is 1430. The van der Waals surface area contributed by atoms with E-state index in [9.17, 15) is 4.79 Å². The van der Waals surface area contributed by atoms with E-state index in [1.807, 2.05) is 36.4 Å². The monoisotopic (exact) mass is 441 g/mol. The molecule has 32 heavy (non-hydrogen) atoms. The van der Waals surface area contributed by atoms with Crippen LogP contribution in [-0.2, 0) is 0 Å². The molecule has 0 aliphatic heterocycles. The van der Waals surface area contributed by atoms with Crippen molar-refractivity contribution in [3.05, 3.63) is 95.6 Å². The lowest BCUT2D eigenvalue weighted by atomic mass is 10.00. The minimum absolute atomic E-state index is 0.0791. The summed E-state index contributed by atoms with van der Waals surface area (Å²) in [6.45, 7) is 0. The van der Waals surface area contributed by atoms with Gasteiger partial charge in [0.2, 0.25) is 5.88 Å². The van der Waals surface area contributed by atoms with E-state index in [0.29, 0.717) is 16.1 Å². The minimum Gasteiger partial charge on any atom is -0.478 e. The molecule has 0 saturated carbocycles. The van der Waals surface area contributed by atoms with Gasteiger partial charge < -0.3 is 14.8 Å². The van der Waals surface area contributed by atoms with Crippen LogP contribution in [0.25, 0.3) is 33.3 Å². The second kappa shape index (κ2) is 8.17. The SMILES string of the molecule is O=C(O)c1ccnc(Oc2nc3cc(-c4ccc(-c5ccccc5)cc4)c(Cl)cc3[nH]2)c1. The van der Waals surface area contributed by atoms with Crippen molar-refractivity contribution in [1.29, 1.82) is 0 Å². The number of aromatic nitrogens is 3. The molecule has 0 spiro atoms. The van der Waals surface area contributed by atoms with Gasteiger partial charge in [-0.15, -0.1) is 0 Å². The van der Waals surface area contributed by atoms with Gasteiger partial charge in [-0.1, -0.05) is 66.2 Å². The summed E-state index contributed by atoms with van der Waals surface area (Å²) in [4.78, 5) is 22.7. The molecular weight excluding hydrogens is 426 g/mol. The second-order valence-electron chi connectivity index (χ2n) is 7.12. The minimum atomic E-state index is -1.06. The smallest absolute Gasteiger partial charge is 0.335 e. The van der Waals surface area contributed by atoms with Gasteiger partial charge in [-0.25, -0.2) is 9.78 Å². The van der Waals surface area contributed by atoms with Gasteiger partial charge in [0.15, 0.2) is 0 Å². The van der Waals surface area contributed by atoms with Gasteiger partial charge in [0.25, 0.3) is 0 Å². The number of nitrogens with one attached hydrogen (secondary N) is 1. The van der Waals surface area contributed by atoms with Crippen molar-refractivity contribution in [2.45, 2.75) is 0 Å². The normalized spacial score (nSPS) is 10.9. The third-order valence-corrected chi connectivity index (χ3v) is 5.35. The molecule has 0 aliphatic carbocycles. The molecular formula is C25H16ClN3O3. The van der Waals surface area contributed by atoms with Crippen LogP contribution in [0.1, 0.15) is 10.4 Å². The molecule has 5 aromatic rings. The van der Waals surface area contributed by atoms with E-state index in [0.717, 1.165) is 22.3 Å². The molecule has 0 amide bonds. The standard InChI is InChI=1S/C25H16ClN3O3/c26-20-14-22-21(28-25(29-22)32-23-12-18(24(30)31)10-11-27-23)13-19(20)17-8-6-16(7-9-17)15-4-2-1-3-5-15/h1-14H,(H,28,29)(H,30,31). The zero-order valence-electron chi connectivity index (χ0n) is 16.6. The van der Waals surface area contributed by atoms with E-state index in [1.54, 1.807) is 6.07 Å². The number of carboxylic acids is 1. The second-order valence-corrected chi connectivity index (χ2v) is 7.53. The van der Waals surface area contributed by atoms with Crippen LogP contribution in [0.5, 0.6) is 11.9 Å². The third kappa shape index (κ3) is 3.91. The van der Waals surface area contributed by atoms with Crippen LogP contribution in [0.15, 0.2) is 85.1 Å². The summed E-state index contributed by atoms with van der Waals surface area (Å²) in [7, 11) is 0. The fraction of sp³-hybridized carbons (Fsp3) is 0. The number of H-pyrrole nitrogens is 1. The molecule has 2 aromatic heterocycles. The first-order valence-corrected chi connectivity index (χ1v) is 10.2. The summed E-state index contributed by atoms with van der Waals surface area (Å²) in [6, 6.07) is 24.9. The van der Waals surface area contributed by atoms with Crippen molar-refractivity contribution in [2.24, 2.45) is 0 Å². The highest BCUT2D eigenvalue weighted by Crippen LogP contribution is 2.34. The molecule has 7 heteroatoms. The molecule has 5 rings (SSSR count). The summed E-state index contributed by atoms with van der Waals surface area (Å²) in [5, 5.41) is 9.69. The Morgan fingerprint density at radius 1 is 0.906 bits per heavy atom. The number of halogens is 1. The molecule has 0 saturated heterocycles. The van der Waals surface area contributed by atoms with Gasteiger partial charge in [-0.2, -0.15) is 4.98 Å². The first-order chi connectivity index (χ1) is 15.6. The Balaban J connectivity index is 1.45. The predicted octanol–water partition coefficient (Wildman–Crippen LogP) is 6.44. The molecule has 0 bridgehead atoms. The predicted molar refractivity (Wildman–Crippen MR) is 123 cm³/mol. The number of hydrogen-bond acceptors (Lipinski definition) is 4. The molecule has 2 N–H and O–H groups in total. The summed E-state index contributed by atoms with van der Waals surface area (Å²) in [6.07, 6.45) is 1.37. The van der Waals surface area contributed by atoms with Gasteiger partial charge in [0.05, 0.1) is 21.6 Å². The molecule has 6 nitrogen and oxygen atoms in total. The Kier molecular flexibility index (Phi) is 5.05. The van der Waals surface area contributed by atoms with Crippen LogP contribution in [-0.4, -0.2) is 26.0 Å². The number of carboxylic acid groups (broad SMARTS) is 1. The average Bonchev–Trinajstić information content (AvgIpc) is 3.20. The molecule has 0 radical (unpaired) electrons. The molecule has 0 unspecified atom stereocenters. The maximum atomic E-state index is 11.1. The van der Waals surface area contributed by atoms with E-state index >= 15 is 0 Å². The van der Waals surface area contributed by atoms with Gasteiger partial charge in [-0.3, -0.25) is 0 Å². The van der Waals surface area contributed by atoms with Crippen LogP contribution in [0, 0.1) is 0 Å². The number of ether oxygens (including phenoxy) is 1. The number of imidazole rings is 1. The molecule has 0 fully saturated rings. The van der Waals surface area contributed by atoms with Gasteiger partial charge in [0, 0.05) is 17.8 Å². The topological polar surface area (TPSA) is 88.1 Å². The quantitative estimate of drug-likeness (QED) is 0.328. The van der Waals surface area contributed by atoms with Crippen molar-refractivity contribution in [3.63, 3.8) is 0 Å². The zero-order chi connectivity index (χ0) is 22.1. The van der Waals surface area contributed by atoms with Gasteiger partial charge in [-0.05, 0) is 34.9 Å². The number of aromatic carboxylic acids is 1. The molecule has 3 aromatic carbocycles.